The zero-order valence-electron chi connectivity index (χ0n) is 13.5. The molecular weight excluding hydrogens is 398 g/mol. The summed E-state index contributed by atoms with van der Waals surface area (Å²) < 4.78 is 27.3. The first-order valence-electron chi connectivity index (χ1n) is 7.77. The number of halogens is 1. The van der Waals surface area contributed by atoms with Crippen LogP contribution < -0.4 is 11.1 Å². The molecule has 3 N–H and O–H groups in total. The Kier molecular flexibility index (Phi) is 5.33. The van der Waals surface area contributed by atoms with E-state index in [0.717, 1.165) is 11.3 Å². The molecule has 138 valence electrons. The Hall–Kier alpha value is -1.94. The van der Waals surface area contributed by atoms with Gasteiger partial charge in [0.2, 0.25) is 11.8 Å². The van der Waals surface area contributed by atoms with Crippen LogP contribution in [0.1, 0.15) is 23.2 Å². The molecule has 1 saturated heterocycles. The third-order valence-electron chi connectivity index (χ3n) is 4.05. The summed E-state index contributed by atoms with van der Waals surface area (Å²) in [6, 6.07) is 8.25. The number of nitrogens with zero attached hydrogens (tertiary/aromatic N) is 1. The van der Waals surface area contributed by atoms with Gasteiger partial charge in [-0.15, -0.1) is 11.3 Å². The number of nitrogens with two attached hydrogens (primary N) is 1. The second-order valence-electron chi connectivity index (χ2n) is 5.76. The van der Waals surface area contributed by atoms with Crippen LogP contribution in [0.5, 0.6) is 0 Å². The molecule has 10 heteroatoms. The molecule has 1 aromatic carbocycles. The van der Waals surface area contributed by atoms with Gasteiger partial charge in [-0.2, -0.15) is 4.31 Å². The van der Waals surface area contributed by atoms with E-state index in [-0.39, 0.29) is 10.8 Å². The molecule has 1 aliphatic heterocycles. The number of sulfonamides is 1. The number of carbonyl (C=O) groups is 2. The highest BCUT2D eigenvalue weighted by Crippen LogP contribution is 2.32. The quantitative estimate of drug-likeness (QED) is 0.783. The van der Waals surface area contributed by atoms with E-state index in [9.17, 15) is 18.0 Å². The van der Waals surface area contributed by atoms with Crippen molar-refractivity contribution in [2.75, 3.05) is 11.9 Å². The first kappa shape index (κ1) is 18.8. The van der Waals surface area contributed by atoms with Crippen molar-refractivity contribution in [3.05, 3.63) is 46.3 Å². The van der Waals surface area contributed by atoms with E-state index in [2.05, 4.69) is 5.32 Å². The van der Waals surface area contributed by atoms with Gasteiger partial charge < -0.3 is 11.1 Å². The maximum atomic E-state index is 12.8. The highest BCUT2D eigenvalue weighted by Gasteiger charge is 2.40. The number of benzene rings is 1. The molecule has 0 unspecified atom stereocenters. The Morgan fingerprint density at radius 2 is 1.88 bits per heavy atom. The number of rotatable bonds is 5. The van der Waals surface area contributed by atoms with Crippen LogP contribution >= 0.6 is 22.9 Å². The Morgan fingerprint density at radius 1 is 1.19 bits per heavy atom. The van der Waals surface area contributed by atoms with Crippen molar-refractivity contribution in [1.29, 1.82) is 0 Å². The Bertz CT molecular complexity index is 941. The zero-order valence-corrected chi connectivity index (χ0v) is 15.9. The molecule has 2 heterocycles. The molecule has 2 amide bonds. The minimum atomic E-state index is -3.78. The molecule has 0 radical (unpaired) electrons. The molecule has 26 heavy (non-hydrogen) atoms. The smallest absolute Gasteiger partial charge is 0.253 e. The first-order valence-corrected chi connectivity index (χ1v) is 10.4. The fourth-order valence-electron chi connectivity index (χ4n) is 2.79. The van der Waals surface area contributed by atoms with Crippen LogP contribution in [-0.4, -0.2) is 37.1 Å². The van der Waals surface area contributed by atoms with E-state index in [0.29, 0.717) is 28.4 Å². The zero-order chi connectivity index (χ0) is 18.9. The summed E-state index contributed by atoms with van der Waals surface area (Å²) in [7, 11) is -3.78. The molecule has 1 aromatic heterocycles. The fourth-order valence-corrected chi connectivity index (χ4v) is 6.05. The lowest BCUT2D eigenvalue weighted by molar-refractivity contribution is -0.119. The maximum Gasteiger partial charge on any atom is 0.253 e. The second kappa shape index (κ2) is 7.36. The lowest BCUT2D eigenvalue weighted by atomic mass is 10.2. The normalized spacial score (nSPS) is 18.0. The third-order valence-corrected chi connectivity index (χ3v) is 7.66. The molecule has 7 nitrogen and oxygen atoms in total. The minimum Gasteiger partial charge on any atom is -0.366 e. The van der Waals surface area contributed by atoms with Crippen molar-refractivity contribution >= 4 is 50.5 Å². The van der Waals surface area contributed by atoms with E-state index >= 15 is 0 Å². The van der Waals surface area contributed by atoms with Crippen molar-refractivity contribution in [2.45, 2.75) is 23.1 Å². The summed E-state index contributed by atoms with van der Waals surface area (Å²) in [6.07, 6.45) is 1.03. The Balaban J connectivity index is 1.77. The number of amides is 2. The maximum absolute atomic E-state index is 12.8. The van der Waals surface area contributed by atoms with Gasteiger partial charge in [-0.05, 0) is 49.2 Å². The molecule has 1 atom stereocenters. The van der Waals surface area contributed by atoms with E-state index in [1.807, 2.05) is 0 Å². The molecule has 0 bridgehead atoms. The summed E-state index contributed by atoms with van der Waals surface area (Å²) in [5.74, 6) is -0.980. The largest absolute Gasteiger partial charge is 0.366 e. The SMILES string of the molecule is NC(=O)c1ccc(NC(=O)[C@@H]2CCCN2S(=O)(=O)c2ccc(Cl)s2)cc1. The van der Waals surface area contributed by atoms with Crippen molar-refractivity contribution in [1.82, 2.24) is 4.31 Å². The number of thiophene rings is 1. The van der Waals surface area contributed by atoms with Crippen molar-refractivity contribution in [3.63, 3.8) is 0 Å². The van der Waals surface area contributed by atoms with Gasteiger partial charge in [-0.3, -0.25) is 9.59 Å². The average Bonchev–Trinajstić information content (AvgIpc) is 3.24. The fraction of sp³-hybridized carbons (Fsp3) is 0.250. The Labute approximate surface area is 159 Å². The lowest BCUT2D eigenvalue weighted by Crippen LogP contribution is -2.42. The van der Waals surface area contributed by atoms with Crippen LogP contribution in [0.2, 0.25) is 4.34 Å². The Morgan fingerprint density at radius 3 is 2.46 bits per heavy atom. The number of hydrogen-bond donors (Lipinski definition) is 2. The van der Waals surface area contributed by atoms with Gasteiger partial charge in [0, 0.05) is 17.8 Å². The summed E-state index contributed by atoms with van der Waals surface area (Å²) in [5, 5.41) is 2.69. The van der Waals surface area contributed by atoms with Crippen LogP contribution in [0.25, 0.3) is 0 Å². The highest BCUT2D eigenvalue weighted by molar-refractivity contribution is 7.91. The molecule has 0 spiro atoms. The van der Waals surface area contributed by atoms with Crippen molar-refractivity contribution < 1.29 is 18.0 Å². The number of nitrogens with one attached hydrogen (secondary N) is 1. The second-order valence-corrected chi connectivity index (χ2v) is 9.60. The number of hydrogen-bond acceptors (Lipinski definition) is 5. The third kappa shape index (κ3) is 3.75. The van der Waals surface area contributed by atoms with Crippen molar-refractivity contribution in [3.8, 4) is 0 Å². The van der Waals surface area contributed by atoms with E-state index < -0.39 is 27.9 Å². The first-order chi connectivity index (χ1) is 12.3. The predicted molar refractivity (Wildman–Crippen MR) is 99.8 cm³/mol. The summed E-state index contributed by atoms with van der Waals surface area (Å²) in [6.45, 7) is 0.274. The molecule has 0 saturated carbocycles. The number of anilines is 1. The van der Waals surface area contributed by atoms with Gasteiger partial charge in [0.1, 0.15) is 10.3 Å². The summed E-state index contributed by atoms with van der Waals surface area (Å²) >= 11 is 6.80. The molecule has 2 aromatic rings. The predicted octanol–water partition coefficient (Wildman–Crippen LogP) is 2.29. The lowest BCUT2D eigenvalue weighted by Gasteiger charge is -2.22. The summed E-state index contributed by atoms with van der Waals surface area (Å²) in [4.78, 5) is 23.7. The van der Waals surface area contributed by atoms with Crippen LogP contribution in [0, 0.1) is 0 Å². The van der Waals surface area contributed by atoms with E-state index in [4.69, 9.17) is 17.3 Å². The molecular formula is C16H16ClN3O4S2. The van der Waals surface area contributed by atoms with Crippen molar-refractivity contribution in [2.24, 2.45) is 5.73 Å². The van der Waals surface area contributed by atoms with Crippen LogP contribution in [-0.2, 0) is 14.8 Å². The van der Waals surface area contributed by atoms with Gasteiger partial charge in [0.05, 0.1) is 4.34 Å². The average molecular weight is 414 g/mol. The van der Waals surface area contributed by atoms with Gasteiger partial charge in [-0.1, -0.05) is 11.6 Å². The van der Waals surface area contributed by atoms with E-state index in [1.54, 1.807) is 12.1 Å². The van der Waals surface area contributed by atoms with Gasteiger partial charge >= 0.3 is 0 Å². The molecule has 3 rings (SSSR count). The van der Waals surface area contributed by atoms with Gasteiger partial charge in [0.15, 0.2) is 0 Å². The highest BCUT2D eigenvalue weighted by atomic mass is 35.5. The molecule has 0 aliphatic carbocycles. The molecule has 1 aliphatic rings. The monoisotopic (exact) mass is 413 g/mol. The van der Waals surface area contributed by atoms with Gasteiger partial charge in [0.25, 0.3) is 10.0 Å². The van der Waals surface area contributed by atoms with E-state index in [1.165, 1.54) is 28.6 Å². The minimum absolute atomic E-state index is 0.119. The number of primary amides is 1. The van der Waals surface area contributed by atoms with Crippen LogP contribution in [0.3, 0.4) is 0 Å². The topological polar surface area (TPSA) is 110 Å². The number of carbonyl (C=O) groups excluding carboxylic acids is 2. The van der Waals surface area contributed by atoms with Crippen LogP contribution in [0.15, 0.2) is 40.6 Å². The summed E-state index contributed by atoms with van der Waals surface area (Å²) in [5.41, 5.74) is 5.96. The van der Waals surface area contributed by atoms with Gasteiger partial charge in [-0.25, -0.2) is 8.42 Å². The van der Waals surface area contributed by atoms with Crippen LogP contribution in [0.4, 0.5) is 5.69 Å². The standard InChI is InChI=1S/C16H16ClN3O4S2/c17-13-7-8-14(25-13)26(23,24)20-9-1-2-12(20)16(22)19-11-5-3-10(4-6-11)15(18)21/h3-8,12H,1-2,9H2,(H2,18,21)(H,19,22)/t12-/m0/s1. The molecule has 1 fully saturated rings.